The predicted octanol–water partition coefficient (Wildman–Crippen LogP) is 3.16. The summed E-state index contributed by atoms with van der Waals surface area (Å²) in [7, 11) is 0. The number of benzene rings is 2. The van der Waals surface area contributed by atoms with Gasteiger partial charge in [0.15, 0.2) is 0 Å². The highest BCUT2D eigenvalue weighted by Gasteiger charge is 2.24. The van der Waals surface area contributed by atoms with Crippen LogP contribution in [0.3, 0.4) is 0 Å². The minimum absolute atomic E-state index is 0.00849. The van der Waals surface area contributed by atoms with Crippen LogP contribution in [0.25, 0.3) is 0 Å². The van der Waals surface area contributed by atoms with Crippen molar-refractivity contribution in [1.82, 2.24) is 14.7 Å². The van der Waals surface area contributed by atoms with E-state index in [2.05, 4.69) is 23.7 Å². The number of para-hydroxylation sites is 1. The third kappa shape index (κ3) is 7.23. The summed E-state index contributed by atoms with van der Waals surface area (Å²) in [5.41, 5.74) is 2.53. The van der Waals surface area contributed by atoms with Crippen LogP contribution in [0, 0.1) is 5.82 Å². The van der Waals surface area contributed by atoms with E-state index in [1.54, 1.807) is 24.3 Å². The van der Waals surface area contributed by atoms with E-state index in [0.29, 0.717) is 51.4 Å². The Hall–Kier alpha value is -3.03. The fourth-order valence-electron chi connectivity index (χ4n) is 4.03. The van der Waals surface area contributed by atoms with Crippen LogP contribution in [0.1, 0.15) is 18.1 Å². The average Bonchev–Trinajstić information content (AvgIpc) is 2.81. The van der Waals surface area contributed by atoms with Gasteiger partial charge >= 0.3 is 0 Å². The number of halogens is 1. The van der Waals surface area contributed by atoms with E-state index in [-0.39, 0.29) is 24.2 Å². The molecule has 176 valence electrons. The Bertz CT molecular complexity index is 957. The maximum Gasteiger partial charge on any atom is 0.238 e. The fraction of sp³-hybridized carbons (Fsp3) is 0.385. The number of carbonyl (C=O) groups is 2. The van der Waals surface area contributed by atoms with Gasteiger partial charge in [0.25, 0.3) is 0 Å². The lowest BCUT2D eigenvalue weighted by molar-refractivity contribution is -0.134. The van der Waals surface area contributed by atoms with E-state index in [9.17, 15) is 14.0 Å². The summed E-state index contributed by atoms with van der Waals surface area (Å²) in [5.74, 6) is -0.306. The molecule has 1 N–H and O–H groups in total. The monoisotopic (exact) mass is 452 g/mol. The van der Waals surface area contributed by atoms with Crippen molar-refractivity contribution in [3.63, 3.8) is 0 Å². The summed E-state index contributed by atoms with van der Waals surface area (Å²) >= 11 is 0. The van der Waals surface area contributed by atoms with Crippen LogP contribution >= 0.6 is 0 Å². The third-order valence-corrected chi connectivity index (χ3v) is 5.86. The van der Waals surface area contributed by atoms with Crippen molar-refractivity contribution in [3.05, 3.63) is 78.1 Å². The molecule has 0 aromatic heterocycles. The Morgan fingerprint density at radius 1 is 1.06 bits per heavy atom. The van der Waals surface area contributed by atoms with E-state index in [1.807, 2.05) is 34.1 Å². The molecular weight excluding hydrogens is 419 g/mol. The molecule has 0 radical (unpaired) electrons. The average molecular weight is 453 g/mol. The lowest BCUT2D eigenvalue weighted by Gasteiger charge is -2.35. The Kier molecular flexibility index (Phi) is 9.15. The van der Waals surface area contributed by atoms with E-state index < -0.39 is 0 Å². The van der Waals surface area contributed by atoms with Crippen molar-refractivity contribution >= 4 is 17.5 Å². The van der Waals surface area contributed by atoms with Gasteiger partial charge in [0.1, 0.15) is 5.82 Å². The second kappa shape index (κ2) is 12.3. The Balaban J connectivity index is 1.47. The van der Waals surface area contributed by atoms with Crippen LogP contribution in [0.2, 0.25) is 0 Å². The van der Waals surface area contributed by atoms with E-state index >= 15 is 0 Å². The molecule has 2 aromatic rings. The molecule has 1 aliphatic heterocycles. The van der Waals surface area contributed by atoms with Crippen molar-refractivity contribution in [3.8, 4) is 0 Å². The summed E-state index contributed by atoms with van der Waals surface area (Å²) in [6.07, 6.45) is 2.58. The van der Waals surface area contributed by atoms with Gasteiger partial charge in [-0.2, -0.15) is 0 Å². The molecule has 0 aliphatic carbocycles. The van der Waals surface area contributed by atoms with Gasteiger partial charge in [-0.05, 0) is 24.1 Å². The zero-order valence-corrected chi connectivity index (χ0v) is 19.3. The van der Waals surface area contributed by atoms with Crippen LogP contribution in [-0.4, -0.2) is 72.3 Å². The van der Waals surface area contributed by atoms with Crippen LogP contribution in [0.4, 0.5) is 10.1 Å². The molecule has 6 nitrogen and oxygen atoms in total. The molecule has 2 aromatic carbocycles. The number of hydrogen-bond donors (Lipinski definition) is 1. The smallest absolute Gasteiger partial charge is 0.238 e. The van der Waals surface area contributed by atoms with Gasteiger partial charge in [0.05, 0.1) is 13.1 Å². The molecule has 0 spiro atoms. The molecule has 0 atom stereocenters. The van der Waals surface area contributed by atoms with E-state index in [1.165, 1.54) is 6.07 Å². The normalized spacial score (nSPS) is 14.3. The molecule has 2 amide bonds. The first-order valence-corrected chi connectivity index (χ1v) is 11.4. The van der Waals surface area contributed by atoms with Gasteiger partial charge < -0.3 is 10.2 Å². The predicted molar refractivity (Wildman–Crippen MR) is 129 cm³/mol. The molecule has 1 fully saturated rings. The molecular formula is C26H33FN4O2. The van der Waals surface area contributed by atoms with Crippen LogP contribution < -0.4 is 5.32 Å². The zero-order chi connectivity index (χ0) is 23.6. The quantitative estimate of drug-likeness (QED) is 0.563. The van der Waals surface area contributed by atoms with Crippen LogP contribution in [0.15, 0.2) is 61.2 Å². The topological polar surface area (TPSA) is 55.9 Å². The number of rotatable bonds is 10. The molecule has 1 saturated heterocycles. The molecule has 33 heavy (non-hydrogen) atoms. The lowest BCUT2D eigenvalue weighted by atomic mass is 10.1. The highest BCUT2D eigenvalue weighted by molar-refractivity contribution is 5.93. The lowest BCUT2D eigenvalue weighted by Crippen LogP contribution is -2.52. The van der Waals surface area contributed by atoms with E-state index in [4.69, 9.17) is 0 Å². The standard InChI is InChI=1S/C26H33FN4O2/c1-3-13-30(18-22-10-5-7-11-23(22)27)20-26(33)31-16-14-29(15-17-31)19-25(32)28-24-12-8-6-9-21(24)4-2/h3,5-12H,1,4,13-20H2,2H3,(H,28,32). The first kappa shape index (κ1) is 24.6. The van der Waals surface area contributed by atoms with E-state index in [0.717, 1.165) is 17.7 Å². The largest absolute Gasteiger partial charge is 0.339 e. The Morgan fingerprint density at radius 2 is 1.73 bits per heavy atom. The van der Waals surface area contributed by atoms with Crippen molar-refractivity contribution in [1.29, 1.82) is 0 Å². The van der Waals surface area contributed by atoms with Crippen molar-refractivity contribution < 1.29 is 14.0 Å². The van der Waals surface area contributed by atoms with Gasteiger partial charge in [-0.15, -0.1) is 6.58 Å². The summed E-state index contributed by atoms with van der Waals surface area (Å²) in [6, 6.07) is 14.4. The highest BCUT2D eigenvalue weighted by atomic mass is 19.1. The van der Waals surface area contributed by atoms with Crippen molar-refractivity contribution in [2.45, 2.75) is 19.9 Å². The molecule has 0 saturated carbocycles. The Labute approximate surface area is 195 Å². The second-order valence-corrected chi connectivity index (χ2v) is 8.27. The maximum atomic E-state index is 14.0. The van der Waals surface area contributed by atoms with Gasteiger partial charge in [-0.3, -0.25) is 19.4 Å². The maximum absolute atomic E-state index is 14.0. The number of aryl methyl sites for hydroxylation is 1. The fourth-order valence-corrected chi connectivity index (χ4v) is 4.03. The van der Waals surface area contributed by atoms with Crippen molar-refractivity contribution in [2.75, 3.05) is 51.1 Å². The number of nitrogens with zero attached hydrogens (tertiary/aromatic N) is 3. The number of anilines is 1. The Morgan fingerprint density at radius 3 is 2.39 bits per heavy atom. The molecule has 0 unspecified atom stereocenters. The summed E-state index contributed by atoms with van der Waals surface area (Å²) < 4.78 is 14.0. The molecule has 1 heterocycles. The molecule has 1 aliphatic rings. The number of piperazine rings is 1. The number of carbonyl (C=O) groups excluding carboxylic acids is 2. The third-order valence-electron chi connectivity index (χ3n) is 5.86. The summed E-state index contributed by atoms with van der Waals surface area (Å²) in [6.45, 7) is 9.60. The molecule has 7 heteroatoms. The summed E-state index contributed by atoms with van der Waals surface area (Å²) in [5, 5.41) is 3.00. The minimum atomic E-state index is -0.271. The van der Waals surface area contributed by atoms with Crippen molar-refractivity contribution in [2.24, 2.45) is 0 Å². The highest BCUT2D eigenvalue weighted by Crippen LogP contribution is 2.16. The number of amides is 2. The van der Waals surface area contributed by atoms with Gasteiger partial charge in [0.2, 0.25) is 11.8 Å². The summed E-state index contributed by atoms with van der Waals surface area (Å²) in [4.78, 5) is 31.1. The minimum Gasteiger partial charge on any atom is -0.339 e. The van der Waals surface area contributed by atoms with Gasteiger partial charge in [-0.25, -0.2) is 4.39 Å². The van der Waals surface area contributed by atoms with Gasteiger partial charge in [-0.1, -0.05) is 49.4 Å². The SMILES string of the molecule is C=CCN(CC(=O)N1CCN(CC(=O)Nc2ccccc2CC)CC1)Cc1ccccc1F. The number of nitrogens with one attached hydrogen (secondary N) is 1. The van der Waals surface area contributed by atoms with Crippen LogP contribution in [0.5, 0.6) is 0 Å². The first-order valence-electron chi connectivity index (χ1n) is 11.4. The first-order chi connectivity index (χ1) is 16.0. The molecule has 3 rings (SSSR count). The number of hydrogen-bond acceptors (Lipinski definition) is 4. The van der Waals surface area contributed by atoms with Crippen LogP contribution in [-0.2, 0) is 22.6 Å². The van der Waals surface area contributed by atoms with Gasteiger partial charge in [0, 0.05) is 50.5 Å². The molecule has 0 bridgehead atoms. The zero-order valence-electron chi connectivity index (χ0n) is 19.3. The second-order valence-electron chi connectivity index (χ2n) is 8.27.